The summed E-state index contributed by atoms with van der Waals surface area (Å²) in [6.07, 6.45) is 0. The average Bonchev–Trinajstić information content (AvgIpc) is 2.13. The third kappa shape index (κ3) is 3.49. The van der Waals surface area contributed by atoms with Gasteiger partial charge in [0.05, 0.1) is 0 Å². The van der Waals surface area contributed by atoms with Crippen LogP contribution in [-0.2, 0) is 0 Å². The van der Waals surface area contributed by atoms with Crippen LogP contribution in [-0.4, -0.2) is 11.5 Å². The Morgan fingerprint density at radius 2 is 2.00 bits per heavy atom. The molecule has 0 aliphatic heterocycles. The van der Waals surface area contributed by atoms with E-state index < -0.39 is 0 Å². The summed E-state index contributed by atoms with van der Waals surface area (Å²) in [5.74, 6) is 0. The van der Waals surface area contributed by atoms with Crippen molar-refractivity contribution >= 4 is 22.9 Å². The normalized spacial score (nSPS) is 11.2. The number of thiocarbonyl (C=S) groups is 1. The average molecular weight is 236 g/mol. The summed E-state index contributed by atoms with van der Waals surface area (Å²) in [5, 5.41) is 3.44. The summed E-state index contributed by atoms with van der Waals surface area (Å²) in [6, 6.07) is 6.00. The van der Waals surface area contributed by atoms with Crippen LogP contribution in [0.4, 0.5) is 5.69 Å². The Balaban J connectivity index is 2.98. The quantitative estimate of drug-likeness (QED) is 0.792. The van der Waals surface area contributed by atoms with Crippen molar-refractivity contribution in [1.29, 1.82) is 0 Å². The van der Waals surface area contributed by atoms with Gasteiger partial charge in [-0.2, -0.15) is 0 Å². The van der Waals surface area contributed by atoms with Gasteiger partial charge in [-0.05, 0) is 24.0 Å². The van der Waals surface area contributed by atoms with Crippen LogP contribution in [0, 0.1) is 12.3 Å². The predicted octanol–water partition coefficient (Wildman–Crippen LogP) is 3.09. The minimum absolute atomic E-state index is 0.232. The lowest BCUT2D eigenvalue weighted by atomic mass is 9.96. The second-order valence-corrected chi connectivity index (χ2v) is 5.72. The fraction of sp³-hybridized carbons (Fsp3) is 0.462. The molecule has 3 N–H and O–H groups in total. The van der Waals surface area contributed by atoms with Gasteiger partial charge in [0.2, 0.25) is 0 Å². The van der Waals surface area contributed by atoms with E-state index in [1.165, 1.54) is 5.56 Å². The van der Waals surface area contributed by atoms with Crippen LogP contribution in [0.3, 0.4) is 0 Å². The zero-order valence-electron chi connectivity index (χ0n) is 10.4. The third-order valence-electron chi connectivity index (χ3n) is 2.33. The Morgan fingerprint density at radius 1 is 1.38 bits per heavy atom. The smallest absolute Gasteiger partial charge is 0.106 e. The number of nitrogens with two attached hydrogens (primary N) is 1. The number of nitrogens with one attached hydrogen (secondary N) is 1. The van der Waals surface area contributed by atoms with E-state index >= 15 is 0 Å². The van der Waals surface area contributed by atoms with Crippen LogP contribution in [0.1, 0.15) is 31.9 Å². The largest absolute Gasteiger partial charge is 0.389 e. The molecule has 1 aromatic carbocycles. The fourth-order valence-corrected chi connectivity index (χ4v) is 1.63. The minimum Gasteiger partial charge on any atom is -0.389 e. The van der Waals surface area contributed by atoms with Crippen molar-refractivity contribution in [3.05, 3.63) is 29.3 Å². The Bertz CT molecular complexity index is 391. The summed E-state index contributed by atoms with van der Waals surface area (Å²) in [5.41, 5.74) is 9.11. The van der Waals surface area contributed by atoms with Crippen LogP contribution in [0.25, 0.3) is 0 Å². The molecule has 1 rings (SSSR count). The van der Waals surface area contributed by atoms with Gasteiger partial charge in [0.15, 0.2) is 0 Å². The first-order chi connectivity index (χ1) is 7.31. The van der Waals surface area contributed by atoms with Gasteiger partial charge in [-0.15, -0.1) is 0 Å². The highest BCUT2D eigenvalue weighted by Gasteiger charge is 2.13. The van der Waals surface area contributed by atoms with Crippen LogP contribution >= 0.6 is 12.2 Å². The van der Waals surface area contributed by atoms with E-state index in [-0.39, 0.29) is 5.41 Å². The van der Waals surface area contributed by atoms with Gasteiger partial charge in [-0.3, -0.25) is 0 Å². The second kappa shape index (κ2) is 4.83. The van der Waals surface area contributed by atoms with Gasteiger partial charge in [0, 0.05) is 17.8 Å². The van der Waals surface area contributed by atoms with Crippen molar-refractivity contribution < 1.29 is 0 Å². The molecule has 88 valence electrons. The van der Waals surface area contributed by atoms with E-state index in [0.29, 0.717) is 4.99 Å². The van der Waals surface area contributed by atoms with Gasteiger partial charge >= 0.3 is 0 Å². The summed E-state index contributed by atoms with van der Waals surface area (Å²) in [6.45, 7) is 9.54. The molecule has 0 saturated heterocycles. The van der Waals surface area contributed by atoms with Crippen molar-refractivity contribution in [2.75, 3.05) is 11.9 Å². The van der Waals surface area contributed by atoms with E-state index in [4.69, 9.17) is 18.0 Å². The number of para-hydroxylation sites is 1. The van der Waals surface area contributed by atoms with Crippen molar-refractivity contribution in [3.8, 4) is 0 Å². The van der Waals surface area contributed by atoms with Crippen LogP contribution in [0.5, 0.6) is 0 Å². The first-order valence-electron chi connectivity index (χ1n) is 5.44. The Labute approximate surface area is 103 Å². The number of hydrogen-bond acceptors (Lipinski definition) is 2. The second-order valence-electron chi connectivity index (χ2n) is 5.28. The molecule has 0 amide bonds. The highest BCUT2D eigenvalue weighted by atomic mass is 32.1. The van der Waals surface area contributed by atoms with Crippen molar-refractivity contribution in [2.24, 2.45) is 11.1 Å². The van der Waals surface area contributed by atoms with Gasteiger partial charge in [-0.1, -0.05) is 45.1 Å². The molecular formula is C13H20N2S. The van der Waals surface area contributed by atoms with Crippen LogP contribution < -0.4 is 11.1 Å². The monoisotopic (exact) mass is 236 g/mol. The van der Waals surface area contributed by atoms with Gasteiger partial charge in [0.25, 0.3) is 0 Å². The lowest BCUT2D eigenvalue weighted by Gasteiger charge is -2.22. The summed E-state index contributed by atoms with van der Waals surface area (Å²) < 4.78 is 0. The van der Waals surface area contributed by atoms with E-state index in [1.54, 1.807) is 0 Å². The molecule has 0 fully saturated rings. The van der Waals surface area contributed by atoms with Crippen molar-refractivity contribution in [3.63, 3.8) is 0 Å². The Hall–Kier alpha value is -1.09. The molecule has 0 aliphatic rings. The van der Waals surface area contributed by atoms with Crippen molar-refractivity contribution in [1.82, 2.24) is 0 Å². The maximum absolute atomic E-state index is 5.71. The van der Waals surface area contributed by atoms with E-state index in [0.717, 1.165) is 17.8 Å². The number of anilines is 1. The van der Waals surface area contributed by atoms with E-state index in [9.17, 15) is 0 Å². The molecule has 2 nitrogen and oxygen atoms in total. The molecule has 0 saturated carbocycles. The summed E-state index contributed by atoms with van der Waals surface area (Å²) >= 11 is 5.05. The maximum atomic E-state index is 5.71. The van der Waals surface area contributed by atoms with Gasteiger partial charge in [-0.25, -0.2) is 0 Å². The first-order valence-corrected chi connectivity index (χ1v) is 5.85. The van der Waals surface area contributed by atoms with E-state index in [1.807, 2.05) is 12.1 Å². The molecule has 3 heteroatoms. The number of benzene rings is 1. The number of rotatable bonds is 3. The molecule has 0 aliphatic carbocycles. The molecule has 0 spiro atoms. The maximum Gasteiger partial charge on any atom is 0.106 e. The standard InChI is InChI=1S/C13H20N2S/c1-9-6-5-7-10(12(14)16)11(9)15-8-13(2,3)4/h5-7,15H,8H2,1-4H3,(H2,14,16). The highest BCUT2D eigenvalue weighted by molar-refractivity contribution is 7.80. The third-order valence-corrected chi connectivity index (χ3v) is 2.55. The molecule has 0 unspecified atom stereocenters. The van der Waals surface area contributed by atoms with Crippen LogP contribution in [0.2, 0.25) is 0 Å². The molecule has 0 radical (unpaired) electrons. The van der Waals surface area contributed by atoms with Gasteiger partial charge in [0.1, 0.15) is 4.99 Å². The first kappa shape index (κ1) is 13.0. The molecule has 16 heavy (non-hydrogen) atoms. The molecule has 0 atom stereocenters. The number of aryl methyl sites for hydroxylation is 1. The Morgan fingerprint density at radius 3 is 2.50 bits per heavy atom. The van der Waals surface area contributed by atoms with E-state index in [2.05, 4.69) is 39.1 Å². The lowest BCUT2D eigenvalue weighted by molar-refractivity contribution is 0.443. The minimum atomic E-state index is 0.232. The highest BCUT2D eigenvalue weighted by Crippen LogP contribution is 2.23. The molecule has 0 bridgehead atoms. The molecule has 0 aromatic heterocycles. The Kier molecular flexibility index (Phi) is 3.92. The zero-order valence-corrected chi connectivity index (χ0v) is 11.2. The fourth-order valence-electron chi connectivity index (χ4n) is 1.46. The topological polar surface area (TPSA) is 38.0 Å². The van der Waals surface area contributed by atoms with Crippen molar-refractivity contribution in [2.45, 2.75) is 27.7 Å². The van der Waals surface area contributed by atoms with Gasteiger partial charge < -0.3 is 11.1 Å². The predicted molar refractivity (Wildman–Crippen MR) is 75.0 cm³/mol. The molecule has 0 heterocycles. The van der Waals surface area contributed by atoms with Crippen LogP contribution in [0.15, 0.2) is 18.2 Å². The SMILES string of the molecule is Cc1cccc(C(N)=S)c1NCC(C)(C)C. The lowest BCUT2D eigenvalue weighted by Crippen LogP contribution is -2.22. The number of hydrogen-bond donors (Lipinski definition) is 2. The molecular weight excluding hydrogens is 216 g/mol. The molecule has 1 aromatic rings. The summed E-state index contributed by atoms with van der Waals surface area (Å²) in [7, 11) is 0. The summed E-state index contributed by atoms with van der Waals surface area (Å²) in [4.78, 5) is 0.445. The zero-order chi connectivity index (χ0) is 12.3.